The summed E-state index contributed by atoms with van der Waals surface area (Å²) < 4.78 is 19.3. The summed E-state index contributed by atoms with van der Waals surface area (Å²) in [7, 11) is 0. The summed E-state index contributed by atoms with van der Waals surface area (Å²) in [6.45, 7) is 6.76. The minimum atomic E-state index is -0.247. The van der Waals surface area contributed by atoms with Gasteiger partial charge in [-0.05, 0) is 44.0 Å². The molecule has 5 heteroatoms. The molecule has 112 valence electrons. The van der Waals surface area contributed by atoms with Crippen LogP contribution in [0.5, 0.6) is 0 Å². The summed E-state index contributed by atoms with van der Waals surface area (Å²) in [4.78, 5) is 2.15. The number of rotatable bonds is 3. The third-order valence-electron chi connectivity index (χ3n) is 3.82. The van der Waals surface area contributed by atoms with Crippen LogP contribution in [0.25, 0.3) is 0 Å². The van der Waals surface area contributed by atoms with Gasteiger partial charge in [0.25, 0.3) is 0 Å². The van der Waals surface area contributed by atoms with Gasteiger partial charge in [0.2, 0.25) is 0 Å². The molecule has 3 atom stereocenters. The molecule has 1 aliphatic heterocycles. The molecule has 2 rings (SSSR count). The van der Waals surface area contributed by atoms with Crippen LogP contribution in [0.4, 0.5) is 10.1 Å². The zero-order valence-electron chi connectivity index (χ0n) is 12.3. The Balaban J connectivity index is 2.41. The number of hydrogen-bond acceptors (Lipinski definition) is 4. The molecule has 0 amide bonds. The molecule has 0 bridgehead atoms. The lowest BCUT2D eigenvalue weighted by Crippen LogP contribution is -2.50. The van der Waals surface area contributed by atoms with Gasteiger partial charge in [-0.15, -0.1) is 0 Å². The minimum Gasteiger partial charge on any atom is -0.394 e. The summed E-state index contributed by atoms with van der Waals surface area (Å²) in [5.41, 5.74) is 8.31. The second-order valence-electron chi connectivity index (χ2n) is 5.59. The number of ether oxygens (including phenoxy) is 1. The third-order valence-corrected chi connectivity index (χ3v) is 3.82. The fourth-order valence-electron chi connectivity index (χ4n) is 2.56. The molecule has 1 heterocycles. The highest BCUT2D eigenvalue weighted by atomic mass is 19.1. The second kappa shape index (κ2) is 6.08. The summed E-state index contributed by atoms with van der Waals surface area (Å²) in [5.74, 6) is -0.235. The summed E-state index contributed by atoms with van der Waals surface area (Å²) >= 11 is 0. The van der Waals surface area contributed by atoms with Crippen LogP contribution >= 0.6 is 0 Å². The molecule has 1 saturated heterocycles. The average molecular weight is 282 g/mol. The molecule has 1 aromatic rings. The first-order chi connectivity index (χ1) is 9.43. The first-order valence-corrected chi connectivity index (χ1v) is 6.98. The van der Waals surface area contributed by atoms with Gasteiger partial charge in [0, 0.05) is 24.3 Å². The van der Waals surface area contributed by atoms with Gasteiger partial charge >= 0.3 is 0 Å². The molecular weight excluding hydrogens is 259 g/mol. The van der Waals surface area contributed by atoms with Crippen molar-refractivity contribution in [2.45, 2.75) is 39.0 Å². The van der Waals surface area contributed by atoms with Crippen LogP contribution in [0.2, 0.25) is 0 Å². The predicted octanol–water partition coefficient (Wildman–Crippen LogP) is 1.74. The van der Waals surface area contributed by atoms with Gasteiger partial charge in [0.1, 0.15) is 5.82 Å². The van der Waals surface area contributed by atoms with Crippen molar-refractivity contribution in [1.29, 1.82) is 0 Å². The number of halogens is 1. The number of morpholine rings is 1. The maximum absolute atomic E-state index is 13.8. The Morgan fingerprint density at radius 1 is 1.55 bits per heavy atom. The monoisotopic (exact) mass is 282 g/mol. The molecule has 0 aromatic heterocycles. The van der Waals surface area contributed by atoms with Crippen molar-refractivity contribution in [2.75, 3.05) is 24.7 Å². The lowest BCUT2D eigenvalue weighted by Gasteiger charge is -2.40. The van der Waals surface area contributed by atoms with Gasteiger partial charge in [0.15, 0.2) is 0 Å². The van der Waals surface area contributed by atoms with Crippen molar-refractivity contribution < 1.29 is 14.2 Å². The van der Waals surface area contributed by atoms with E-state index in [0.717, 1.165) is 11.3 Å². The van der Waals surface area contributed by atoms with E-state index in [0.29, 0.717) is 18.7 Å². The standard InChI is InChI=1S/C15H23FN2O2/c1-9-4-15(13(11(3)17)5-14(9)16)18-6-12(7-19)20-8-10(18)2/h4-5,10-12,19H,6-8,17H2,1-3H3/t10?,11-,12?/m1/s1. The van der Waals surface area contributed by atoms with Crippen LogP contribution in [-0.2, 0) is 4.74 Å². The Labute approximate surface area is 119 Å². The van der Waals surface area contributed by atoms with Crippen molar-refractivity contribution in [1.82, 2.24) is 0 Å². The Morgan fingerprint density at radius 3 is 2.85 bits per heavy atom. The lowest BCUT2D eigenvalue weighted by atomic mass is 10.0. The van der Waals surface area contributed by atoms with Gasteiger partial charge in [-0.25, -0.2) is 4.39 Å². The lowest BCUT2D eigenvalue weighted by molar-refractivity contribution is -0.0104. The molecule has 4 nitrogen and oxygen atoms in total. The first kappa shape index (κ1) is 15.2. The van der Waals surface area contributed by atoms with E-state index in [2.05, 4.69) is 11.8 Å². The highest BCUT2D eigenvalue weighted by molar-refractivity contribution is 5.58. The quantitative estimate of drug-likeness (QED) is 0.886. The fraction of sp³-hybridized carbons (Fsp3) is 0.600. The van der Waals surface area contributed by atoms with Crippen molar-refractivity contribution >= 4 is 5.69 Å². The maximum atomic E-state index is 13.8. The Hall–Kier alpha value is -1.17. The van der Waals surface area contributed by atoms with Crippen molar-refractivity contribution in [3.05, 3.63) is 29.1 Å². The van der Waals surface area contributed by atoms with Crippen LogP contribution < -0.4 is 10.6 Å². The smallest absolute Gasteiger partial charge is 0.126 e. The summed E-state index contributed by atoms with van der Waals surface area (Å²) in [6, 6.07) is 3.28. The number of aryl methyl sites for hydroxylation is 1. The van der Waals surface area contributed by atoms with Gasteiger partial charge in [-0.1, -0.05) is 0 Å². The van der Waals surface area contributed by atoms with E-state index in [1.54, 1.807) is 6.92 Å². The van der Waals surface area contributed by atoms with Crippen LogP contribution in [0.3, 0.4) is 0 Å². The number of aliphatic hydroxyl groups excluding tert-OH is 1. The Kier molecular flexibility index (Phi) is 4.62. The molecular formula is C15H23FN2O2. The SMILES string of the molecule is Cc1cc(N2CC(CO)OCC2C)c([C@@H](C)N)cc1F. The summed E-state index contributed by atoms with van der Waals surface area (Å²) in [6.07, 6.45) is -0.211. The summed E-state index contributed by atoms with van der Waals surface area (Å²) in [5, 5.41) is 9.28. The molecule has 0 radical (unpaired) electrons. The number of aliphatic hydroxyl groups is 1. The van der Waals surface area contributed by atoms with E-state index in [-0.39, 0.29) is 30.6 Å². The van der Waals surface area contributed by atoms with Crippen molar-refractivity contribution in [2.24, 2.45) is 5.73 Å². The predicted molar refractivity (Wildman–Crippen MR) is 77.4 cm³/mol. The van der Waals surface area contributed by atoms with Crippen LogP contribution in [0.15, 0.2) is 12.1 Å². The number of anilines is 1. The molecule has 0 spiro atoms. The number of benzene rings is 1. The number of nitrogens with zero attached hydrogens (tertiary/aromatic N) is 1. The molecule has 0 saturated carbocycles. The number of nitrogens with two attached hydrogens (primary N) is 1. The minimum absolute atomic E-state index is 0.0170. The van der Waals surface area contributed by atoms with Crippen LogP contribution in [0.1, 0.15) is 31.0 Å². The van der Waals surface area contributed by atoms with Gasteiger partial charge in [-0.3, -0.25) is 0 Å². The first-order valence-electron chi connectivity index (χ1n) is 6.98. The van der Waals surface area contributed by atoms with E-state index < -0.39 is 0 Å². The van der Waals surface area contributed by atoms with E-state index in [9.17, 15) is 9.50 Å². The van der Waals surface area contributed by atoms with E-state index in [1.165, 1.54) is 6.07 Å². The number of hydrogen-bond donors (Lipinski definition) is 2. The van der Waals surface area contributed by atoms with E-state index in [4.69, 9.17) is 10.5 Å². The topological polar surface area (TPSA) is 58.7 Å². The highest BCUT2D eigenvalue weighted by Crippen LogP contribution is 2.31. The molecule has 3 N–H and O–H groups in total. The fourth-order valence-corrected chi connectivity index (χ4v) is 2.56. The molecule has 2 unspecified atom stereocenters. The van der Waals surface area contributed by atoms with Gasteiger partial charge in [-0.2, -0.15) is 0 Å². The molecule has 1 aromatic carbocycles. The van der Waals surface area contributed by atoms with Crippen molar-refractivity contribution in [3.63, 3.8) is 0 Å². The molecule has 20 heavy (non-hydrogen) atoms. The normalized spacial score (nSPS) is 24.8. The van der Waals surface area contributed by atoms with E-state index >= 15 is 0 Å². The van der Waals surface area contributed by atoms with E-state index in [1.807, 2.05) is 13.0 Å². The average Bonchev–Trinajstić information content (AvgIpc) is 2.42. The van der Waals surface area contributed by atoms with Crippen LogP contribution in [0, 0.1) is 12.7 Å². The van der Waals surface area contributed by atoms with Crippen LogP contribution in [-0.4, -0.2) is 37.0 Å². The maximum Gasteiger partial charge on any atom is 0.126 e. The molecule has 1 fully saturated rings. The van der Waals surface area contributed by atoms with Crippen molar-refractivity contribution in [3.8, 4) is 0 Å². The Morgan fingerprint density at radius 2 is 2.25 bits per heavy atom. The third kappa shape index (κ3) is 2.95. The van der Waals surface area contributed by atoms with Gasteiger partial charge in [0.05, 0.1) is 19.3 Å². The molecule has 0 aliphatic carbocycles. The van der Waals surface area contributed by atoms with Gasteiger partial charge < -0.3 is 20.5 Å². The zero-order valence-corrected chi connectivity index (χ0v) is 12.3. The second-order valence-corrected chi connectivity index (χ2v) is 5.59. The highest BCUT2D eigenvalue weighted by Gasteiger charge is 2.28. The molecule has 1 aliphatic rings. The Bertz CT molecular complexity index is 479. The zero-order chi connectivity index (χ0) is 14.9. The largest absolute Gasteiger partial charge is 0.394 e.